The molecule has 18 heavy (non-hydrogen) atoms. The van der Waals surface area contributed by atoms with E-state index in [0.29, 0.717) is 0 Å². The Morgan fingerprint density at radius 3 is 2.61 bits per heavy atom. The summed E-state index contributed by atoms with van der Waals surface area (Å²) in [7, 11) is 0. The normalized spacial score (nSPS) is 29.0. The van der Waals surface area contributed by atoms with Crippen LogP contribution in [0.15, 0.2) is 54.6 Å². The fourth-order valence-electron chi connectivity index (χ4n) is 2.66. The first-order chi connectivity index (χ1) is 8.88. The molecule has 0 amide bonds. The first-order valence-electron chi connectivity index (χ1n) is 6.05. The molecule has 2 atom stereocenters. The van der Waals surface area contributed by atoms with Gasteiger partial charge in [0, 0.05) is 17.5 Å². The van der Waals surface area contributed by atoms with Crippen LogP contribution in [-0.4, -0.2) is 6.29 Å². The zero-order valence-corrected chi connectivity index (χ0v) is 9.71. The first kappa shape index (κ1) is 10.3. The largest absolute Gasteiger partial charge is 0.307 e. The summed E-state index contributed by atoms with van der Waals surface area (Å²) in [6.45, 7) is 0. The van der Waals surface area contributed by atoms with Crippen molar-refractivity contribution in [3.63, 3.8) is 0 Å². The third-order valence-corrected chi connectivity index (χ3v) is 3.48. The third kappa shape index (κ3) is 1.29. The Morgan fingerprint density at radius 2 is 1.72 bits per heavy atom. The SMILES string of the molecule is c1ccc([C@]23OO[C@H](Cc4ccccc42)O3)cc1. The molecule has 2 aliphatic heterocycles. The van der Waals surface area contributed by atoms with Crippen molar-refractivity contribution in [3.8, 4) is 0 Å². The van der Waals surface area contributed by atoms with Crippen molar-refractivity contribution in [2.75, 3.05) is 0 Å². The van der Waals surface area contributed by atoms with Gasteiger partial charge in [0.1, 0.15) is 0 Å². The van der Waals surface area contributed by atoms with E-state index in [9.17, 15) is 0 Å². The molecule has 2 aliphatic rings. The Bertz CT molecular complexity index is 581. The summed E-state index contributed by atoms with van der Waals surface area (Å²) < 4.78 is 5.95. The molecule has 0 aromatic heterocycles. The predicted molar refractivity (Wildman–Crippen MR) is 64.4 cm³/mol. The molecule has 3 nitrogen and oxygen atoms in total. The van der Waals surface area contributed by atoms with Crippen molar-refractivity contribution in [1.29, 1.82) is 0 Å². The van der Waals surface area contributed by atoms with Crippen molar-refractivity contribution in [2.45, 2.75) is 18.5 Å². The highest BCUT2D eigenvalue weighted by molar-refractivity contribution is 5.41. The summed E-state index contributed by atoms with van der Waals surface area (Å²) >= 11 is 0. The topological polar surface area (TPSA) is 27.7 Å². The highest BCUT2D eigenvalue weighted by atomic mass is 17.3. The van der Waals surface area contributed by atoms with Crippen LogP contribution in [0.4, 0.5) is 0 Å². The van der Waals surface area contributed by atoms with Gasteiger partial charge in [0.05, 0.1) is 0 Å². The van der Waals surface area contributed by atoms with Gasteiger partial charge in [-0.3, -0.25) is 0 Å². The second-order valence-corrected chi connectivity index (χ2v) is 4.57. The van der Waals surface area contributed by atoms with E-state index < -0.39 is 5.79 Å². The van der Waals surface area contributed by atoms with Crippen LogP contribution in [0, 0.1) is 0 Å². The van der Waals surface area contributed by atoms with E-state index in [1.54, 1.807) is 0 Å². The average Bonchev–Trinajstić information content (AvgIpc) is 2.80. The van der Waals surface area contributed by atoms with E-state index in [1.165, 1.54) is 5.56 Å². The number of fused-ring (bicyclic) bond motifs is 4. The van der Waals surface area contributed by atoms with Gasteiger partial charge in [0.15, 0.2) is 6.29 Å². The molecule has 1 saturated heterocycles. The molecule has 1 fully saturated rings. The Hall–Kier alpha value is -1.68. The lowest BCUT2D eigenvalue weighted by Crippen LogP contribution is -2.34. The van der Waals surface area contributed by atoms with Gasteiger partial charge in [0.2, 0.25) is 0 Å². The number of hydrogen-bond donors (Lipinski definition) is 0. The lowest BCUT2D eigenvalue weighted by molar-refractivity contribution is -0.320. The molecule has 0 aliphatic carbocycles. The van der Waals surface area contributed by atoms with Crippen LogP contribution >= 0.6 is 0 Å². The van der Waals surface area contributed by atoms with Crippen molar-refractivity contribution >= 4 is 0 Å². The standard InChI is InChI=1S/C15H12O3/c1-2-7-12(8-3-1)15-13-9-5-4-6-11(13)10-14(16-15)17-18-15/h1-9,14H,10H2/t14-,15+/m1/s1. The molecule has 0 saturated carbocycles. The van der Waals surface area contributed by atoms with E-state index in [2.05, 4.69) is 6.07 Å². The maximum Gasteiger partial charge on any atom is 0.256 e. The van der Waals surface area contributed by atoms with Crippen molar-refractivity contribution in [1.82, 2.24) is 0 Å². The van der Waals surface area contributed by atoms with Crippen LogP contribution in [0.5, 0.6) is 0 Å². The molecule has 0 radical (unpaired) electrons. The summed E-state index contributed by atoms with van der Waals surface area (Å²) in [4.78, 5) is 10.8. The van der Waals surface area contributed by atoms with Crippen LogP contribution in [0.1, 0.15) is 16.7 Å². The second-order valence-electron chi connectivity index (χ2n) is 4.57. The maximum atomic E-state index is 5.95. The lowest BCUT2D eigenvalue weighted by Gasteiger charge is -2.31. The average molecular weight is 240 g/mol. The molecule has 0 N–H and O–H groups in total. The fraction of sp³-hybridized carbons (Fsp3) is 0.200. The first-order valence-corrected chi connectivity index (χ1v) is 6.05. The molecule has 3 heteroatoms. The molecule has 2 aromatic rings. The van der Waals surface area contributed by atoms with Gasteiger partial charge in [0.25, 0.3) is 5.79 Å². The fourth-order valence-corrected chi connectivity index (χ4v) is 2.66. The van der Waals surface area contributed by atoms with Gasteiger partial charge >= 0.3 is 0 Å². The van der Waals surface area contributed by atoms with Crippen LogP contribution < -0.4 is 0 Å². The van der Waals surface area contributed by atoms with E-state index in [-0.39, 0.29) is 6.29 Å². The summed E-state index contributed by atoms with van der Waals surface area (Å²) in [5.74, 6) is -0.902. The molecule has 2 bridgehead atoms. The second kappa shape index (κ2) is 3.65. The van der Waals surface area contributed by atoms with E-state index in [1.807, 2.05) is 48.5 Å². The molecule has 2 heterocycles. The monoisotopic (exact) mass is 240 g/mol. The quantitative estimate of drug-likeness (QED) is 0.717. The molecular weight excluding hydrogens is 228 g/mol. The Labute approximate surface area is 105 Å². The highest BCUT2D eigenvalue weighted by Gasteiger charge is 2.51. The maximum absolute atomic E-state index is 5.95. The van der Waals surface area contributed by atoms with Crippen LogP contribution in [0.2, 0.25) is 0 Å². The van der Waals surface area contributed by atoms with Crippen molar-refractivity contribution in [2.24, 2.45) is 0 Å². The minimum Gasteiger partial charge on any atom is -0.307 e. The van der Waals surface area contributed by atoms with E-state index in [0.717, 1.165) is 17.5 Å². The van der Waals surface area contributed by atoms with Gasteiger partial charge in [-0.25, -0.2) is 4.89 Å². The molecule has 2 aromatic carbocycles. The Morgan fingerprint density at radius 1 is 0.944 bits per heavy atom. The zero-order valence-electron chi connectivity index (χ0n) is 9.71. The number of ether oxygens (including phenoxy) is 1. The van der Waals surface area contributed by atoms with Crippen LogP contribution in [0.25, 0.3) is 0 Å². The van der Waals surface area contributed by atoms with Gasteiger partial charge in [-0.1, -0.05) is 54.6 Å². The number of benzene rings is 2. The highest BCUT2D eigenvalue weighted by Crippen LogP contribution is 2.46. The molecule has 4 rings (SSSR count). The number of rotatable bonds is 1. The van der Waals surface area contributed by atoms with E-state index in [4.69, 9.17) is 14.5 Å². The molecule has 0 spiro atoms. The minimum atomic E-state index is -0.902. The van der Waals surface area contributed by atoms with Gasteiger partial charge in [-0.05, 0) is 5.56 Å². The minimum absolute atomic E-state index is 0.319. The van der Waals surface area contributed by atoms with Gasteiger partial charge in [-0.15, -0.1) is 0 Å². The summed E-state index contributed by atoms with van der Waals surface area (Å²) in [6, 6.07) is 18.1. The molecular formula is C15H12O3. The summed E-state index contributed by atoms with van der Waals surface area (Å²) in [5, 5.41) is 0. The predicted octanol–water partition coefficient (Wildman–Crippen LogP) is 2.75. The smallest absolute Gasteiger partial charge is 0.256 e. The summed E-state index contributed by atoms with van der Waals surface area (Å²) in [5.41, 5.74) is 3.21. The lowest BCUT2D eigenvalue weighted by atomic mass is 9.90. The van der Waals surface area contributed by atoms with Crippen molar-refractivity contribution < 1.29 is 14.5 Å². The van der Waals surface area contributed by atoms with Gasteiger partial charge in [-0.2, -0.15) is 4.89 Å². The zero-order chi connectivity index (χ0) is 12.0. The Balaban J connectivity index is 1.95. The van der Waals surface area contributed by atoms with Crippen LogP contribution in [-0.2, 0) is 26.7 Å². The molecule has 90 valence electrons. The van der Waals surface area contributed by atoms with Gasteiger partial charge < -0.3 is 4.74 Å². The van der Waals surface area contributed by atoms with Crippen molar-refractivity contribution in [3.05, 3.63) is 71.3 Å². The third-order valence-electron chi connectivity index (χ3n) is 3.48. The van der Waals surface area contributed by atoms with Crippen LogP contribution in [0.3, 0.4) is 0 Å². The van der Waals surface area contributed by atoms with E-state index >= 15 is 0 Å². The summed E-state index contributed by atoms with van der Waals surface area (Å²) in [6.07, 6.45) is 0.408. The number of hydrogen-bond acceptors (Lipinski definition) is 3. The molecule has 0 unspecified atom stereocenters. The Kier molecular flexibility index (Phi) is 2.08.